The topological polar surface area (TPSA) is 50.1 Å². The molecule has 3 aromatic carbocycles. The molecule has 0 aliphatic heterocycles. The van der Waals surface area contributed by atoms with Crippen molar-refractivity contribution >= 4 is 28.5 Å². The van der Waals surface area contributed by atoms with Gasteiger partial charge in [0.05, 0.1) is 12.2 Å². The molecule has 3 rings (SSSR count). The number of rotatable bonds is 6. The van der Waals surface area contributed by atoms with Crippen molar-refractivity contribution in [2.24, 2.45) is 0 Å². The van der Waals surface area contributed by atoms with Gasteiger partial charge in [-0.3, -0.25) is 4.79 Å². The lowest BCUT2D eigenvalue weighted by Crippen LogP contribution is -2.06. The van der Waals surface area contributed by atoms with Crippen LogP contribution in [0.4, 0.5) is 0 Å². The van der Waals surface area contributed by atoms with Gasteiger partial charge < -0.3 is 4.74 Å². The number of carbonyl (C=O) groups excluding carboxylic acids is 1. The number of carbonyl (C=O) groups is 1. The molecular formula is C23H21NO2S. The van der Waals surface area contributed by atoms with Gasteiger partial charge in [0.2, 0.25) is 0 Å². The van der Waals surface area contributed by atoms with Crippen LogP contribution in [0.15, 0.2) is 59.5 Å². The third-order valence-corrected chi connectivity index (χ3v) is 5.30. The summed E-state index contributed by atoms with van der Waals surface area (Å²) in [6.07, 6.45) is 2.79. The molecule has 0 saturated carbocycles. The third-order valence-electron chi connectivity index (χ3n) is 4.55. The first kappa shape index (κ1) is 19.0. The van der Waals surface area contributed by atoms with E-state index in [-0.39, 0.29) is 12.4 Å². The highest BCUT2D eigenvalue weighted by Crippen LogP contribution is 2.34. The zero-order valence-corrected chi connectivity index (χ0v) is 16.3. The first-order valence-corrected chi connectivity index (χ1v) is 10.1. The average molecular weight is 375 g/mol. The van der Waals surface area contributed by atoms with E-state index in [2.05, 4.69) is 24.3 Å². The fourth-order valence-corrected chi connectivity index (χ4v) is 3.68. The van der Waals surface area contributed by atoms with E-state index in [4.69, 9.17) is 4.74 Å². The molecule has 0 spiro atoms. The number of ether oxygens (including phenoxy) is 1. The van der Waals surface area contributed by atoms with Gasteiger partial charge in [-0.2, -0.15) is 5.26 Å². The molecule has 0 amide bonds. The molecule has 3 aromatic rings. The molecule has 0 aliphatic rings. The summed E-state index contributed by atoms with van der Waals surface area (Å²) in [5.74, 6) is -0.236. The Morgan fingerprint density at radius 3 is 2.56 bits per heavy atom. The highest BCUT2D eigenvalue weighted by Gasteiger charge is 2.16. The van der Waals surface area contributed by atoms with Crippen LogP contribution >= 0.6 is 11.8 Å². The second-order valence-corrected chi connectivity index (χ2v) is 7.02. The second kappa shape index (κ2) is 8.75. The Labute approximate surface area is 164 Å². The maximum Gasteiger partial charge on any atom is 0.306 e. The van der Waals surface area contributed by atoms with E-state index in [0.29, 0.717) is 18.6 Å². The van der Waals surface area contributed by atoms with Crippen LogP contribution in [-0.4, -0.2) is 18.8 Å². The number of hydrogen-bond acceptors (Lipinski definition) is 4. The number of fused-ring (bicyclic) bond motifs is 1. The lowest BCUT2D eigenvalue weighted by Gasteiger charge is -2.14. The molecule has 0 heterocycles. The van der Waals surface area contributed by atoms with Crippen molar-refractivity contribution in [3.8, 4) is 17.2 Å². The fraction of sp³-hybridized carbons (Fsp3) is 0.217. The van der Waals surface area contributed by atoms with E-state index >= 15 is 0 Å². The summed E-state index contributed by atoms with van der Waals surface area (Å²) in [6.45, 7) is 2.17. The lowest BCUT2D eigenvalue weighted by molar-refractivity contribution is -0.143. The summed E-state index contributed by atoms with van der Waals surface area (Å²) < 4.78 is 5.07. The SMILES string of the molecule is CCOC(=O)CCc1c(C#N)c(-c2ccc(SC)cc2)cc2ccccc12. The third kappa shape index (κ3) is 4.15. The minimum absolute atomic E-state index is 0.236. The van der Waals surface area contributed by atoms with E-state index in [9.17, 15) is 10.1 Å². The van der Waals surface area contributed by atoms with Gasteiger partial charge >= 0.3 is 5.97 Å². The van der Waals surface area contributed by atoms with Gasteiger partial charge in [0, 0.05) is 16.9 Å². The maximum atomic E-state index is 11.9. The van der Waals surface area contributed by atoms with Crippen LogP contribution in [0.25, 0.3) is 21.9 Å². The monoisotopic (exact) mass is 375 g/mol. The van der Waals surface area contributed by atoms with Crippen molar-refractivity contribution in [3.63, 3.8) is 0 Å². The summed E-state index contributed by atoms with van der Waals surface area (Å²) in [6, 6.07) is 20.7. The molecule has 27 heavy (non-hydrogen) atoms. The molecule has 0 atom stereocenters. The fourth-order valence-electron chi connectivity index (χ4n) is 3.27. The number of esters is 1. The number of nitriles is 1. The number of aryl methyl sites for hydroxylation is 1. The van der Waals surface area contributed by atoms with Gasteiger partial charge in [0.25, 0.3) is 0 Å². The van der Waals surface area contributed by atoms with E-state index in [1.54, 1.807) is 18.7 Å². The van der Waals surface area contributed by atoms with Crippen LogP contribution in [0, 0.1) is 11.3 Å². The minimum atomic E-state index is -0.236. The molecule has 0 aromatic heterocycles. The quantitative estimate of drug-likeness (QED) is 0.416. The lowest BCUT2D eigenvalue weighted by atomic mass is 9.89. The van der Waals surface area contributed by atoms with E-state index in [0.717, 1.165) is 27.5 Å². The smallest absolute Gasteiger partial charge is 0.306 e. The molecule has 0 saturated heterocycles. The van der Waals surface area contributed by atoms with E-state index < -0.39 is 0 Å². The van der Waals surface area contributed by atoms with Crippen molar-refractivity contribution in [2.45, 2.75) is 24.7 Å². The minimum Gasteiger partial charge on any atom is -0.466 e. The van der Waals surface area contributed by atoms with E-state index in [1.807, 2.05) is 42.7 Å². The van der Waals surface area contributed by atoms with Gasteiger partial charge in [-0.15, -0.1) is 11.8 Å². The molecule has 136 valence electrons. The molecule has 0 aliphatic carbocycles. The van der Waals surface area contributed by atoms with Crippen LogP contribution in [0.1, 0.15) is 24.5 Å². The van der Waals surface area contributed by atoms with Crippen LogP contribution in [0.2, 0.25) is 0 Å². The summed E-state index contributed by atoms with van der Waals surface area (Å²) in [7, 11) is 0. The van der Waals surface area contributed by atoms with Gasteiger partial charge in [-0.05, 0) is 59.7 Å². The molecular weight excluding hydrogens is 354 g/mol. The largest absolute Gasteiger partial charge is 0.466 e. The van der Waals surface area contributed by atoms with E-state index in [1.165, 1.54) is 4.90 Å². The predicted octanol–water partition coefficient (Wildman–Crippen LogP) is 5.60. The van der Waals surface area contributed by atoms with Gasteiger partial charge in [0.15, 0.2) is 0 Å². The van der Waals surface area contributed by atoms with Crippen LogP contribution < -0.4 is 0 Å². The molecule has 3 nitrogen and oxygen atoms in total. The van der Waals surface area contributed by atoms with Crippen LogP contribution in [0.3, 0.4) is 0 Å². The number of nitrogens with zero attached hydrogens (tertiary/aromatic N) is 1. The number of thioether (sulfide) groups is 1. The first-order chi connectivity index (χ1) is 13.2. The Bertz CT molecular complexity index is 1000. The van der Waals surface area contributed by atoms with Crippen LogP contribution in [0.5, 0.6) is 0 Å². The second-order valence-electron chi connectivity index (χ2n) is 6.14. The molecule has 4 heteroatoms. The zero-order chi connectivity index (χ0) is 19.2. The Morgan fingerprint density at radius 2 is 1.89 bits per heavy atom. The Balaban J connectivity index is 2.13. The Kier molecular flexibility index (Phi) is 6.16. The highest BCUT2D eigenvalue weighted by atomic mass is 32.2. The summed E-state index contributed by atoms with van der Waals surface area (Å²) in [5.41, 5.74) is 3.46. The Hall–Kier alpha value is -2.77. The molecule has 0 radical (unpaired) electrons. The van der Waals surface area contributed by atoms with Crippen molar-refractivity contribution in [1.82, 2.24) is 0 Å². The van der Waals surface area contributed by atoms with Gasteiger partial charge in [0.1, 0.15) is 6.07 Å². The highest BCUT2D eigenvalue weighted by molar-refractivity contribution is 7.98. The standard InChI is InChI=1S/C23H21NO2S/c1-3-26-23(25)13-12-20-19-7-5-4-6-17(19)14-21(22(20)15-24)16-8-10-18(27-2)11-9-16/h4-11,14H,3,12-13H2,1-2H3. The summed E-state index contributed by atoms with van der Waals surface area (Å²) >= 11 is 1.69. The van der Waals surface area contributed by atoms with Crippen molar-refractivity contribution in [2.75, 3.05) is 12.9 Å². The van der Waals surface area contributed by atoms with Crippen LogP contribution in [-0.2, 0) is 16.0 Å². The molecule has 0 unspecified atom stereocenters. The maximum absolute atomic E-state index is 11.9. The van der Waals surface area contributed by atoms with Gasteiger partial charge in [-0.1, -0.05) is 36.4 Å². The number of benzene rings is 3. The normalized spacial score (nSPS) is 10.6. The number of hydrogen-bond donors (Lipinski definition) is 0. The summed E-state index contributed by atoms with van der Waals surface area (Å²) in [5, 5.41) is 12.0. The van der Waals surface area contributed by atoms with Crippen molar-refractivity contribution < 1.29 is 9.53 Å². The average Bonchev–Trinajstić information content (AvgIpc) is 2.71. The van der Waals surface area contributed by atoms with Crippen molar-refractivity contribution in [3.05, 3.63) is 65.7 Å². The van der Waals surface area contributed by atoms with Crippen molar-refractivity contribution in [1.29, 1.82) is 5.26 Å². The molecule has 0 bridgehead atoms. The Morgan fingerprint density at radius 1 is 1.15 bits per heavy atom. The first-order valence-electron chi connectivity index (χ1n) is 8.92. The summed E-state index contributed by atoms with van der Waals surface area (Å²) in [4.78, 5) is 13.1. The molecule has 0 fully saturated rings. The van der Waals surface area contributed by atoms with Gasteiger partial charge in [-0.25, -0.2) is 0 Å². The molecule has 0 N–H and O–H groups in total. The predicted molar refractivity (Wildman–Crippen MR) is 111 cm³/mol. The zero-order valence-electron chi connectivity index (χ0n) is 15.5.